The second-order valence-electron chi connectivity index (χ2n) is 19.7. The Morgan fingerprint density at radius 3 is 2.47 bits per heavy atom. The first-order valence-corrected chi connectivity index (χ1v) is 25.8. The van der Waals surface area contributed by atoms with Crippen molar-refractivity contribution in [2.45, 2.75) is 69.7 Å². The molecule has 4 N–H and O–H groups in total. The van der Waals surface area contributed by atoms with Crippen molar-refractivity contribution in [3.63, 3.8) is 0 Å². The maximum atomic E-state index is 14.2. The van der Waals surface area contributed by atoms with E-state index < -0.39 is 51.3 Å². The fraction of sp³-hybridized carbons (Fsp3) is 0.360. The summed E-state index contributed by atoms with van der Waals surface area (Å²) in [6.07, 6.45) is 2.87. The number of carboxylic acid groups (broad SMARTS) is 2. The molecule has 1 saturated carbocycles. The molecule has 70 heavy (non-hydrogen) atoms. The van der Waals surface area contributed by atoms with Crippen LogP contribution in [0.4, 0.5) is 17.4 Å². The number of aliphatic carboxylic acids is 1. The van der Waals surface area contributed by atoms with Crippen molar-refractivity contribution in [2.24, 2.45) is 10.8 Å². The summed E-state index contributed by atoms with van der Waals surface area (Å²) in [5.41, 5.74) is 4.68. The van der Waals surface area contributed by atoms with Crippen LogP contribution in [0.2, 0.25) is 5.02 Å². The number of ether oxygens (including phenoxy) is 1. The maximum Gasteiger partial charge on any atom is 0.349 e. The minimum atomic E-state index is -3.75. The molecule has 20 heteroatoms. The molecule has 7 heterocycles. The number of thiophene rings is 1. The fourth-order valence-corrected chi connectivity index (χ4v) is 15.1. The van der Waals surface area contributed by atoms with Gasteiger partial charge in [0.2, 0.25) is 21.8 Å². The normalized spacial score (nSPS) is 23.7. The number of fused-ring (bicyclic) bond motifs is 3. The third kappa shape index (κ3) is 7.73. The first-order valence-electron chi connectivity index (χ1n) is 23.0. The molecule has 6 aliphatic rings. The van der Waals surface area contributed by atoms with Gasteiger partial charge in [0, 0.05) is 66.1 Å². The molecule has 4 aromatic carbocycles. The summed E-state index contributed by atoms with van der Waals surface area (Å²) < 4.78 is 41.4. The van der Waals surface area contributed by atoms with Crippen molar-refractivity contribution in [3.05, 3.63) is 99.4 Å². The van der Waals surface area contributed by atoms with Crippen LogP contribution in [0.3, 0.4) is 0 Å². The van der Waals surface area contributed by atoms with Crippen LogP contribution in [0.5, 0.6) is 5.75 Å². The van der Waals surface area contributed by atoms with E-state index in [9.17, 15) is 37.5 Å². The van der Waals surface area contributed by atoms with Crippen LogP contribution >= 0.6 is 22.9 Å². The molecule has 0 radical (unpaired) electrons. The summed E-state index contributed by atoms with van der Waals surface area (Å²) in [6.45, 7) is 5.39. The number of rotatable bonds is 13. The number of piperidine rings is 4. The van der Waals surface area contributed by atoms with Gasteiger partial charge in [0.25, 0.3) is 11.9 Å². The number of sulfonamides is 1. The standard InChI is InChI=1S/C50H47ClN6O11S2/c1-49-23-50(2,47(49)52-29-6-3-5-28(20-29)42-40(51)41(67-21-38(59)60)43(69-42)46(63)64)25-56(24-49)70(65,66)22-26-9-13-36-33(19-26)53-48(68-36)55-17-15-27(16-18-55)30-10-11-34-39-31(30)7-4-8-32(39)45(62)57(34)35-12-14-37(58)54-44(35)61/h3-11,13,19-20,27,35,47,52H,12,14-18,21-25H2,1-2H3,(H,59,60)(H,63,64)(H,54,58,61). The number of oxazole rings is 1. The van der Waals surface area contributed by atoms with E-state index in [-0.39, 0.29) is 58.0 Å². The van der Waals surface area contributed by atoms with E-state index in [4.69, 9.17) is 30.8 Å². The van der Waals surface area contributed by atoms with Crippen LogP contribution < -0.4 is 25.2 Å². The molecule has 362 valence electrons. The minimum absolute atomic E-state index is 0.0113. The molecular formula is C50H47ClN6O11S2. The number of halogens is 1. The highest BCUT2D eigenvalue weighted by Gasteiger charge is 2.64. The Bertz CT molecular complexity index is 3330. The average molecular weight is 1010 g/mol. The number of carboxylic acids is 2. The zero-order valence-electron chi connectivity index (χ0n) is 38.0. The van der Waals surface area contributed by atoms with Crippen LogP contribution in [0.25, 0.3) is 32.3 Å². The zero-order chi connectivity index (χ0) is 49.0. The number of carbonyl (C=O) groups is 5. The van der Waals surface area contributed by atoms with Crippen molar-refractivity contribution in [2.75, 3.05) is 47.9 Å². The Morgan fingerprint density at radius 2 is 1.74 bits per heavy atom. The van der Waals surface area contributed by atoms with E-state index in [1.165, 1.54) is 0 Å². The number of imide groups is 1. The molecule has 4 saturated heterocycles. The van der Waals surface area contributed by atoms with Crippen molar-refractivity contribution in [3.8, 4) is 16.2 Å². The largest absolute Gasteiger partial charge is 0.479 e. The van der Waals surface area contributed by atoms with Gasteiger partial charge >= 0.3 is 11.9 Å². The molecule has 17 nitrogen and oxygen atoms in total. The van der Waals surface area contributed by atoms with Crippen LogP contribution in [-0.2, 0) is 30.2 Å². The highest BCUT2D eigenvalue weighted by molar-refractivity contribution is 7.88. The quantitative estimate of drug-likeness (QED) is 0.0813. The summed E-state index contributed by atoms with van der Waals surface area (Å²) in [5.74, 6) is -3.78. The fourth-order valence-electron chi connectivity index (χ4n) is 11.9. The minimum Gasteiger partial charge on any atom is -0.479 e. The van der Waals surface area contributed by atoms with Gasteiger partial charge in [0.05, 0.1) is 16.3 Å². The van der Waals surface area contributed by atoms with Crippen LogP contribution in [-0.4, -0.2) is 102 Å². The lowest BCUT2D eigenvalue weighted by atomic mass is 9.48. The number of benzene rings is 4. The van der Waals surface area contributed by atoms with Crippen molar-refractivity contribution in [1.82, 2.24) is 14.6 Å². The van der Waals surface area contributed by atoms with Crippen molar-refractivity contribution < 1.29 is 51.8 Å². The predicted octanol–water partition coefficient (Wildman–Crippen LogP) is 7.72. The molecule has 1 aliphatic carbocycles. The van der Waals surface area contributed by atoms with Gasteiger partial charge in [-0.2, -0.15) is 4.98 Å². The van der Waals surface area contributed by atoms with E-state index in [1.54, 1.807) is 39.5 Å². The monoisotopic (exact) mass is 1010 g/mol. The number of aromatic nitrogens is 1. The number of nitrogens with zero attached hydrogens (tertiary/aromatic N) is 4. The Morgan fingerprint density at radius 1 is 0.986 bits per heavy atom. The summed E-state index contributed by atoms with van der Waals surface area (Å²) >= 11 is 7.47. The smallest absolute Gasteiger partial charge is 0.349 e. The molecule has 5 fully saturated rings. The molecule has 3 amide bonds. The van der Waals surface area contributed by atoms with Gasteiger partial charge < -0.3 is 29.6 Å². The second-order valence-corrected chi connectivity index (χ2v) is 23.0. The zero-order valence-corrected chi connectivity index (χ0v) is 40.4. The molecule has 2 aromatic heterocycles. The molecular weight excluding hydrogens is 960 g/mol. The molecule has 5 aliphatic heterocycles. The Labute approximate surface area is 410 Å². The Balaban J connectivity index is 0.741. The Kier molecular flexibility index (Phi) is 11.0. The summed E-state index contributed by atoms with van der Waals surface area (Å²) in [6, 6.07) is 22.0. The van der Waals surface area contributed by atoms with Crippen molar-refractivity contribution >= 4 is 102 Å². The maximum absolute atomic E-state index is 14.2. The third-order valence-electron chi connectivity index (χ3n) is 14.7. The van der Waals surface area contributed by atoms with Crippen LogP contribution in [0.1, 0.15) is 83.0 Å². The predicted molar refractivity (Wildman–Crippen MR) is 262 cm³/mol. The molecule has 3 unspecified atom stereocenters. The van der Waals surface area contributed by atoms with Crippen LogP contribution in [0.15, 0.2) is 77.2 Å². The first kappa shape index (κ1) is 45.9. The number of aromatic carboxylic acids is 1. The van der Waals surface area contributed by atoms with E-state index in [0.717, 1.165) is 52.6 Å². The van der Waals surface area contributed by atoms with E-state index >= 15 is 0 Å². The number of hydrogen-bond acceptors (Lipinski definition) is 13. The average Bonchev–Trinajstić information content (AvgIpc) is 3.99. The van der Waals surface area contributed by atoms with Gasteiger partial charge in [-0.3, -0.25) is 24.6 Å². The van der Waals surface area contributed by atoms with E-state index in [0.29, 0.717) is 70.5 Å². The number of amides is 3. The third-order valence-corrected chi connectivity index (χ3v) is 18.2. The molecule has 3 atom stereocenters. The highest BCUT2D eigenvalue weighted by atomic mass is 35.5. The molecule has 2 bridgehead atoms. The van der Waals surface area contributed by atoms with Gasteiger partial charge in [-0.05, 0) is 90.1 Å². The SMILES string of the molecule is CC12CN(S(=O)(=O)Cc3ccc4oc(N5CCC(c6ccc7c8c(cccc68)C(=O)N7C6CCC(=O)NC6=O)CC5)nc4c3)CC(C)(C1)C2Nc1cccc(-c2sc(C(=O)O)c(OCC(=O)O)c2Cl)c1. The van der Waals surface area contributed by atoms with E-state index in [2.05, 4.69) is 35.4 Å². The van der Waals surface area contributed by atoms with Gasteiger partial charge in [-0.1, -0.05) is 61.8 Å². The van der Waals surface area contributed by atoms with Gasteiger partial charge in [-0.15, -0.1) is 11.3 Å². The lowest BCUT2D eigenvalue weighted by Gasteiger charge is -2.66. The summed E-state index contributed by atoms with van der Waals surface area (Å²) in [5, 5.41) is 26.7. The second kappa shape index (κ2) is 16.8. The van der Waals surface area contributed by atoms with Crippen molar-refractivity contribution in [1.29, 1.82) is 0 Å². The lowest BCUT2D eigenvalue weighted by molar-refractivity contribution is -0.139. The topological polar surface area (TPSA) is 229 Å². The van der Waals surface area contributed by atoms with Gasteiger partial charge in [0.1, 0.15) is 16.6 Å². The molecule has 0 spiro atoms. The first-order chi connectivity index (χ1) is 33.4. The number of hydrogen-bond donors (Lipinski definition) is 4. The molecule has 12 rings (SSSR count). The van der Waals surface area contributed by atoms with E-state index in [1.807, 2.05) is 36.4 Å². The number of nitrogens with one attached hydrogen (secondary N) is 2. The summed E-state index contributed by atoms with van der Waals surface area (Å²) in [4.78, 5) is 70.2. The van der Waals surface area contributed by atoms with Gasteiger partial charge in [-0.25, -0.2) is 22.3 Å². The lowest BCUT2D eigenvalue weighted by Crippen LogP contribution is -2.73. The molecule has 6 aromatic rings. The number of anilines is 3. The number of carbonyl (C=O) groups excluding carboxylic acids is 3. The van der Waals surface area contributed by atoms with Gasteiger partial charge in [0.15, 0.2) is 22.8 Å². The summed E-state index contributed by atoms with van der Waals surface area (Å²) in [7, 11) is -3.75. The van der Waals surface area contributed by atoms with Crippen LogP contribution in [0, 0.1) is 10.8 Å². The Hall–Kier alpha value is -6.54. The highest BCUT2D eigenvalue weighted by Crippen LogP contribution is 2.60.